The van der Waals surface area contributed by atoms with Gasteiger partial charge >= 0.3 is 0 Å². The van der Waals surface area contributed by atoms with Gasteiger partial charge in [-0.3, -0.25) is 0 Å². The Morgan fingerprint density at radius 1 is 0.913 bits per heavy atom. The van der Waals surface area contributed by atoms with E-state index < -0.39 is 0 Å². The highest BCUT2D eigenvalue weighted by Gasteiger charge is 2.33. The summed E-state index contributed by atoms with van der Waals surface area (Å²) in [7, 11) is 2.07. The van der Waals surface area contributed by atoms with Gasteiger partial charge in [-0.1, -0.05) is 89.6 Å². The van der Waals surface area contributed by atoms with Crippen LogP contribution in [0.5, 0.6) is 0 Å². The zero-order valence-electron chi connectivity index (χ0n) is 15.5. The van der Waals surface area contributed by atoms with Crippen LogP contribution in [-0.4, -0.2) is 22.1 Å². The van der Waals surface area contributed by atoms with Crippen molar-refractivity contribution in [1.29, 1.82) is 0 Å². The SMILES string of the molecule is CCCC(CPC1(C)C=CC=CC1C)PC1(C)C=CC=CC1C. The lowest BCUT2D eigenvalue weighted by atomic mass is 9.91. The highest BCUT2D eigenvalue weighted by molar-refractivity contribution is 7.45. The molecule has 0 aliphatic heterocycles. The van der Waals surface area contributed by atoms with Crippen LogP contribution >= 0.6 is 17.2 Å². The molecule has 0 saturated carbocycles. The summed E-state index contributed by atoms with van der Waals surface area (Å²) in [5, 5.41) is 0.744. The van der Waals surface area contributed by atoms with E-state index in [4.69, 9.17) is 0 Å². The largest absolute Gasteiger partial charge is 0.111 e. The van der Waals surface area contributed by atoms with Crippen LogP contribution in [0.2, 0.25) is 0 Å². The molecule has 0 nitrogen and oxygen atoms in total. The minimum absolute atomic E-state index is 0.369. The van der Waals surface area contributed by atoms with Crippen LogP contribution in [0, 0.1) is 11.8 Å². The summed E-state index contributed by atoms with van der Waals surface area (Å²) < 4.78 is 0. The molecule has 128 valence electrons. The Labute approximate surface area is 147 Å². The van der Waals surface area contributed by atoms with Crippen molar-refractivity contribution in [2.24, 2.45) is 11.8 Å². The van der Waals surface area contributed by atoms with E-state index in [0.29, 0.717) is 22.1 Å². The van der Waals surface area contributed by atoms with Crippen molar-refractivity contribution in [3.8, 4) is 0 Å². The predicted octanol–water partition coefficient (Wildman–Crippen LogP) is 6.55. The summed E-state index contributed by atoms with van der Waals surface area (Å²) >= 11 is 0. The second kappa shape index (κ2) is 8.27. The molecule has 2 aliphatic rings. The third-order valence-electron chi connectivity index (χ3n) is 5.68. The van der Waals surface area contributed by atoms with E-state index in [2.05, 4.69) is 83.2 Å². The molecule has 0 saturated heterocycles. The standard InChI is InChI=1S/C21H34P2/c1-6-11-19(23-21(5)15-10-8-13-18(21)3)16-22-20(4)14-9-7-12-17(20)2/h7-10,12-15,17-19,22-23H,6,11,16H2,1-5H3. The molecule has 0 aromatic rings. The molecule has 2 aliphatic carbocycles. The molecule has 0 spiro atoms. The monoisotopic (exact) mass is 348 g/mol. The van der Waals surface area contributed by atoms with E-state index in [0.717, 1.165) is 22.8 Å². The van der Waals surface area contributed by atoms with E-state index in [-0.39, 0.29) is 0 Å². The van der Waals surface area contributed by atoms with E-state index in [1.54, 1.807) is 0 Å². The molecule has 0 N–H and O–H groups in total. The topological polar surface area (TPSA) is 0 Å². The van der Waals surface area contributed by atoms with Crippen LogP contribution in [0.4, 0.5) is 0 Å². The van der Waals surface area contributed by atoms with Crippen LogP contribution in [0.25, 0.3) is 0 Å². The summed E-state index contributed by atoms with van der Waals surface area (Å²) in [4.78, 5) is 0. The lowest BCUT2D eigenvalue weighted by molar-refractivity contribution is 0.583. The number of rotatable bonds is 7. The fourth-order valence-electron chi connectivity index (χ4n) is 3.43. The van der Waals surface area contributed by atoms with E-state index in [9.17, 15) is 0 Å². The summed E-state index contributed by atoms with van der Waals surface area (Å²) in [5.41, 5.74) is 0.880. The molecule has 0 fully saturated rings. The minimum Gasteiger partial charge on any atom is -0.111 e. The summed E-state index contributed by atoms with van der Waals surface area (Å²) in [6, 6.07) is 0. The maximum Gasteiger partial charge on any atom is 0.00930 e. The van der Waals surface area contributed by atoms with Gasteiger partial charge in [0.05, 0.1) is 0 Å². The number of allylic oxidation sites excluding steroid dienone is 8. The average Bonchev–Trinajstić information content (AvgIpc) is 2.52. The molecule has 0 heterocycles. The molecule has 0 amide bonds. The predicted molar refractivity (Wildman–Crippen MR) is 112 cm³/mol. The van der Waals surface area contributed by atoms with Gasteiger partial charge in [-0.05, 0) is 30.1 Å². The maximum absolute atomic E-state index is 2.47. The van der Waals surface area contributed by atoms with Gasteiger partial charge in [-0.15, -0.1) is 17.2 Å². The van der Waals surface area contributed by atoms with Crippen LogP contribution in [0.1, 0.15) is 47.5 Å². The molecule has 23 heavy (non-hydrogen) atoms. The first-order chi connectivity index (χ1) is 10.9. The number of hydrogen-bond acceptors (Lipinski definition) is 0. The van der Waals surface area contributed by atoms with E-state index in [1.807, 2.05) is 0 Å². The van der Waals surface area contributed by atoms with Crippen LogP contribution in [0.15, 0.2) is 48.6 Å². The van der Waals surface area contributed by atoms with Gasteiger partial charge in [0.15, 0.2) is 0 Å². The second-order valence-electron chi connectivity index (χ2n) is 7.64. The van der Waals surface area contributed by atoms with Crippen LogP contribution in [-0.2, 0) is 0 Å². The average molecular weight is 348 g/mol. The molecule has 7 atom stereocenters. The molecule has 2 heteroatoms. The van der Waals surface area contributed by atoms with Gasteiger partial charge in [0, 0.05) is 10.3 Å². The molecular formula is C21H34P2. The van der Waals surface area contributed by atoms with Gasteiger partial charge in [0.25, 0.3) is 0 Å². The Balaban J connectivity index is 1.99. The van der Waals surface area contributed by atoms with Crippen molar-refractivity contribution in [1.82, 2.24) is 0 Å². The maximum atomic E-state index is 2.47. The molecule has 7 unspecified atom stereocenters. The quantitative estimate of drug-likeness (QED) is 0.457. The van der Waals surface area contributed by atoms with Crippen molar-refractivity contribution >= 4 is 17.2 Å². The van der Waals surface area contributed by atoms with Crippen molar-refractivity contribution in [3.05, 3.63) is 48.6 Å². The van der Waals surface area contributed by atoms with Crippen molar-refractivity contribution in [2.45, 2.75) is 63.4 Å². The molecule has 0 aromatic heterocycles. The summed E-state index contributed by atoms with van der Waals surface area (Å²) in [5.74, 6) is 1.34. The normalized spacial score (nSPS) is 38.3. The van der Waals surface area contributed by atoms with Crippen LogP contribution in [0.3, 0.4) is 0 Å². The van der Waals surface area contributed by atoms with Crippen molar-refractivity contribution < 1.29 is 0 Å². The van der Waals surface area contributed by atoms with Gasteiger partial charge in [-0.2, -0.15) is 0 Å². The lowest BCUT2D eigenvalue weighted by Gasteiger charge is -2.39. The first-order valence-corrected chi connectivity index (χ1v) is 11.4. The molecule has 0 radical (unpaired) electrons. The Kier molecular flexibility index (Phi) is 6.88. The highest BCUT2D eigenvalue weighted by atomic mass is 31.1. The van der Waals surface area contributed by atoms with Crippen LogP contribution < -0.4 is 0 Å². The van der Waals surface area contributed by atoms with Gasteiger partial charge in [0.2, 0.25) is 0 Å². The first-order valence-electron chi connectivity index (χ1n) is 9.14. The fourth-order valence-corrected chi connectivity index (χ4v) is 7.53. The molecular weight excluding hydrogens is 314 g/mol. The third kappa shape index (κ3) is 4.90. The molecule has 0 aromatic carbocycles. The van der Waals surface area contributed by atoms with Crippen molar-refractivity contribution in [3.63, 3.8) is 0 Å². The zero-order chi connectivity index (χ0) is 16.9. The third-order valence-corrected chi connectivity index (χ3v) is 10.3. The van der Waals surface area contributed by atoms with E-state index >= 15 is 0 Å². The summed E-state index contributed by atoms with van der Waals surface area (Å²) in [6.07, 6.45) is 22.7. The van der Waals surface area contributed by atoms with Gasteiger partial charge in [0.1, 0.15) is 0 Å². The Hall–Kier alpha value is -0.180. The fraction of sp³-hybridized carbons (Fsp3) is 0.619. The lowest BCUT2D eigenvalue weighted by Crippen LogP contribution is -2.30. The number of hydrogen-bond donors (Lipinski definition) is 0. The first kappa shape index (κ1) is 19.1. The van der Waals surface area contributed by atoms with Gasteiger partial charge in [-0.25, -0.2) is 0 Å². The van der Waals surface area contributed by atoms with Gasteiger partial charge < -0.3 is 0 Å². The Morgan fingerprint density at radius 2 is 1.48 bits per heavy atom. The Bertz CT molecular complexity index is 502. The van der Waals surface area contributed by atoms with E-state index in [1.165, 1.54) is 19.0 Å². The summed E-state index contributed by atoms with van der Waals surface area (Å²) in [6.45, 7) is 12.0. The zero-order valence-corrected chi connectivity index (χ0v) is 17.5. The second-order valence-corrected chi connectivity index (χ2v) is 11.7. The molecule has 0 bridgehead atoms. The smallest absolute Gasteiger partial charge is 0.00930 e. The minimum atomic E-state index is 0.369. The van der Waals surface area contributed by atoms with Crippen molar-refractivity contribution in [2.75, 3.05) is 6.16 Å². The Morgan fingerprint density at radius 3 is 2.00 bits per heavy atom. The molecule has 2 rings (SSSR count). The highest BCUT2D eigenvalue weighted by Crippen LogP contribution is 2.50.